The molecule has 1 unspecified atom stereocenters. The second-order valence-corrected chi connectivity index (χ2v) is 10.5. The minimum Gasteiger partial charge on any atom is -0.457 e. The molecule has 1 saturated heterocycles. The number of likely N-dealkylation sites (tertiary alicyclic amines) is 1. The minimum atomic E-state index is -1.16. The van der Waals surface area contributed by atoms with Gasteiger partial charge >= 0.3 is 6.09 Å². The summed E-state index contributed by atoms with van der Waals surface area (Å²) in [4.78, 5) is 14.6. The van der Waals surface area contributed by atoms with E-state index in [1.807, 2.05) is 76.2 Å². The van der Waals surface area contributed by atoms with Gasteiger partial charge in [-0.05, 0) is 77.5 Å². The first-order chi connectivity index (χ1) is 16.6. The number of amides is 1. The number of carbonyl (C=O) groups excluding carboxylic acids is 1. The third kappa shape index (κ3) is 7.21. The lowest BCUT2D eigenvalue weighted by Crippen LogP contribution is -2.49. The Kier molecular flexibility index (Phi) is 9.20. The third-order valence-electron chi connectivity index (χ3n) is 6.57. The number of aliphatic hydroxyl groups is 1. The maximum atomic E-state index is 12.8. The van der Waals surface area contributed by atoms with Gasteiger partial charge in [-0.15, -0.1) is 0 Å². The number of methoxy groups -OCH3 is 1. The van der Waals surface area contributed by atoms with Crippen molar-refractivity contribution in [2.45, 2.75) is 71.0 Å². The predicted octanol–water partition coefficient (Wildman–Crippen LogP) is 6.44. The molecule has 1 heterocycles. The van der Waals surface area contributed by atoms with Crippen LogP contribution in [0.4, 0.5) is 4.79 Å². The number of nitrogens with zero attached hydrogens (tertiary/aromatic N) is 1. The number of hydrogen-bond donors (Lipinski definition) is 1. The SMILES string of the molecule is COCCCC[C@@](O)(c1ccccc1Oc1ccccc1C)C1CCCN(C(=O)OC(C)(C)C)C1. The molecule has 0 bridgehead atoms. The van der Waals surface area contributed by atoms with Gasteiger partial charge in [0.05, 0.1) is 5.60 Å². The van der Waals surface area contributed by atoms with Crippen LogP contribution in [0.25, 0.3) is 0 Å². The van der Waals surface area contributed by atoms with Gasteiger partial charge in [0.15, 0.2) is 0 Å². The monoisotopic (exact) mass is 483 g/mol. The zero-order valence-electron chi connectivity index (χ0n) is 21.9. The van der Waals surface area contributed by atoms with E-state index < -0.39 is 11.2 Å². The topological polar surface area (TPSA) is 68.2 Å². The summed E-state index contributed by atoms with van der Waals surface area (Å²) in [6, 6.07) is 15.6. The number of benzene rings is 2. The van der Waals surface area contributed by atoms with Crippen LogP contribution in [-0.2, 0) is 15.1 Å². The molecule has 1 fully saturated rings. The van der Waals surface area contributed by atoms with Crippen LogP contribution in [0.15, 0.2) is 48.5 Å². The molecule has 2 aromatic carbocycles. The number of aryl methyl sites for hydroxylation is 1. The summed E-state index contributed by atoms with van der Waals surface area (Å²) in [6.45, 7) is 9.34. The van der Waals surface area contributed by atoms with Gasteiger partial charge in [0.2, 0.25) is 0 Å². The molecule has 6 heteroatoms. The second kappa shape index (κ2) is 11.9. The number of hydrogen-bond acceptors (Lipinski definition) is 5. The standard InChI is InChI=1S/C29H41NO5/c1-22-13-6-8-16-25(22)34-26-17-9-7-15-24(26)29(32,18-10-11-20-33-5)23-14-12-19-30(21-23)27(31)35-28(2,3)4/h6-9,13,15-17,23,32H,10-12,14,18-21H2,1-5H3/t23?,29-/m0/s1. The lowest BCUT2D eigenvalue weighted by Gasteiger charge is -2.43. The highest BCUT2D eigenvalue weighted by Gasteiger charge is 2.43. The average molecular weight is 484 g/mol. The number of para-hydroxylation sites is 2. The summed E-state index contributed by atoms with van der Waals surface area (Å²) in [5.41, 5.74) is 0.0683. The molecule has 1 aliphatic heterocycles. The van der Waals surface area contributed by atoms with E-state index in [0.717, 1.165) is 42.6 Å². The fraction of sp³-hybridized carbons (Fsp3) is 0.552. The van der Waals surface area contributed by atoms with Crippen LogP contribution >= 0.6 is 0 Å². The fourth-order valence-electron chi connectivity index (χ4n) is 4.76. The van der Waals surface area contributed by atoms with E-state index in [1.54, 1.807) is 12.0 Å². The van der Waals surface area contributed by atoms with Gasteiger partial charge < -0.3 is 24.2 Å². The van der Waals surface area contributed by atoms with Gasteiger partial charge in [0.1, 0.15) is 17.1 Å². The van der Waals surface area contributed by atoms with Gasteiger partial charge in [-0.2, -0.15) is 0 Å². The van der Waals surface area contributed by atoms with Crippen LogP contribution in [0.2, 0.25) is 0 Å². The molecule has 0 aliphatic carbocycles. The highest BCUT2D eigenvalue weighted by atomic mass is 16.6. The highest BCUT2D eigenvalue weighted by Crippen LogP contribution is 2.44. The molecule has 2 atom stereocenters. The molecule has 1 amide bonds. The summed E-state index contributed by atoms with van der Waals surface area (Å²) < 4.78 is 17.2. The van der Waals surface area contributed by atoms with Gasteiger partial charge in [0.25, 0.3) is 0 Å². The van der Waals surface area contributed by atoms with Crippen molar-refractivity contribution in [3.05, 3.63) is 59.7 Å². The van der Waals surface area contributed by atoms with Crippen molar-refractivity contribution in [1.29, 1.82) is 0 Å². The van der Waals surface area contributed by atoms with Crippen LogP contribution in [0.3, 0.4) is 0 Å². The zero-order valence-corrected chi connectivity index (χ0v) is 21.9. The van der Waals surface area contributed by atoms with Gasteiger partial charge in [-0.1, -0.05) is 36.4 Å². The number of unbranched alkanes of at least 4 members (excludes halogenated alkanes) is 1. The van der Waals surface area contributed by atoms with Crippen LogP contribution in [-0.4, -0.2) is 48.5 Å². The summed E-state index contributed by atoms with van der Waals surface area (Å²) in [6.07, 6.45) is 3.50. The van der Waals surface area contributed by atoms with E-state index in [2.05, 4.69) is 0 Å². The van der Waals surface area contributed by atoms with Crippen molar-refractivity contribution in [3.63, 3.8) is 0 Å². The first-order valence-electron chi connectivity index (χ1n) is 12.7. The van der Waals surface area contributed by atoms with Crippen molar-refractivity contribution in [1.82, 2.24) is 4.90 Å². The summed E-state index contributed by atoms with van der Waals surface area (Å²) >= 11 is 0. The summed E-state index contributed by atoms with van der Waals surface area (Å²) in [5.74, 6) is 1.26. The van der Waals surface area contributed by atoms with Gasteiger partial charge in [-0.3, -0.25) is 0 Å². The normalized spacial score (nSPS) is 18.1. The lowest BCUT2D eigenvalue weighted by molar-refractivity contribution is -0.0651. The molecule has 0 radical (unpaired) electrons. The fourth-order valence-corrected chi connectivity index (χ4v) is 4.76. The molecular formula is C29H41NO5. The number of rotatable bonds is 9. The molecular weight excluding hydrogens is 442 g/mol. The smallest absolute Gasteiger partial charge is 0.410 e. The van der Waals surface area contributed by atoms with Crippen LogP contribution in [0.1, 0.15) is 64.0 Å². The largest absolute Gasteiger partial charge is 0.457 e. The minimum absolute atomic E-state index is 0.145. The average Bonchev–Trinajstić information content (AvgIpc) is 2.82. The second-order valence-electron chi connectivity index (χ2n) is 10.5. The van der Waals surface area contributed by atoms with Gasteiger partial charge in [0, 0.05) is 38.3 Å². The molecule has 1 N–H and O–H groups in total. The number of piperidine rings is 1. The van der Waals surface area contributed by atoms with Crippen molar-refractivity contribution in [3.8, 4) is 11.5 Å². The van der Waals surface area contributed by atoms with Crippen molar-refractivity contribution in [2.24, 2.45) is 5.92 Å². The first kappa shape index (κ1) is 27.0. The van der Waals surface area contributed by atoms with E-state index in [0.29, 0.717) is 31.9 Å². The molecule has 0 spiro atoms. The molecule has 1 aliphatic rings. The Bertz CT molecular complexity index is 970. The Morgan fingerprint density at radius 2 is 1.74 bits per heavy atom. The van der Waals surface area contributed by atoms with Crippen molar-refractivity contribution < 1.29 is 24.1 Å². The highest BCUT2D eigenvalue weighted by molar-refractivity contribution is 5.68. The molecule has 35 heavy (non-hydrogen) atoms. The summed E-state index contributed by atoms with van der Waals surface area (Å²) in [7, 11) is 1.69. The predicted molar refractivity (Wildman–Crippen MR) is 138 cm³/mol. The Hall–Kier alpha value is -2.57. The Morgan fingerprint density at radius 3 is 2.43 bits per heavy atom. The van der Waals surface area contributed by atoms with Crippen LogP contribution in [0, 0.1) is 12.8 Å². The Balaban J connectivity index is 1.92. The maximum Gasteiger partial charge on any atom is 0.410 e. The molecule has 192 valence electrons. The van der Waals surface area contributed by atoms with E-state index in [9.17, 15) is 9.90 Å². The van der Waals surface area contributed by atoms with E-state index in [-0.39, 0.29) is 12.0 Å². The number of carbonyl (C=O) groups is 1. The van der Waals surface area contributed by atoms with Crippen LogP contribution in [0.5, 0.6) is 11.5 Å². The van der Waals surface area contributed by atoms with E-state index >= 15 is 0 Å². The molecule has 6 nitrogen and oxygen atoms in total. The molecule has 0 aromatic heterocycles. The van der Waals surface area contributed by atoms with E-state index in [4.69, 9.17) is 14.2 Å². The molecule has 3 rings (SSSR count). The third-order valence-corrected chi connectivity index (χ3v) is 6.57. The van der Waals surface area contributed by atoms with Crippen molar-refractivity contribution in [2.75, 3.05) is 26.8 Å². The number of ether oxygens (including phenoxy) is 3. The van der Waals surface area contributed by atoms with Crippen LogP contribution < -0.4 is 4.74 Å². The lowest BCUT2D eigenvalue weighted by atomic mass is 9.73. The Labute approximate surface area is 210 Å². The van der Waals surface area contributed by atoms with E-state index in [1.165, 1.54) is 0 Å². The van der Waals surface area contributed by atoms with Crippen molar-refractivity contribution >= 4 is 6.09 Å². The molecule has 0 saturated carbocycles. The quantitative estimate of drug-likeness (QED) is 0.416. The zero-order chi connectivity index (χ0) is 25.5. The Morgan fingerprint density at radius 1 is 1.06 bits per heavy atom. The maximum absolute atomic E-state index is 12.8. The molecule has 2 aromatic rings. The summed E-state index contributed by atoms with van der Waals surface area (Å²) in [5, 5.41) is 12.4. The first-order valence-corrected chi connectivity index (χ1v) is 12.7. The van der Waals surface area contributed by atoms with Gasteiger partial charge in [-0.25, -0.2) is 4.79 Å².